The van der Waals surface area contributed by atoms with Crippen molar-refractivity contribution in [2.75, 3.05) is 0 Å². The van der Waals surface area contributed by atoms with Gasteiger partial charge in [0.05, 0.1) is 50.2 Å². The summed E-state index contributed by atoms with van der Waals surface area (Å²) in [6.45, 7) is 0. The number of fused-ring (bicyclic) bond motifs is 9. The number of carbonyl (C=O) groups is 1. The standard InChI is InChI=1S/C43H27N3O/c47-27-28-21-22-43-37(23-28)36-15-5-10-20-42(36)46(43)31-25-29(44-38-16-6-1-11-32(38)33-12-2-7-17-39(33)44)24-30(26-31)45-40-18-8-3-13-34(40)35-14-4-9-19-41(35)45/h1-27H. The van der Waals surface area contributed by atoms with Gasteiger partial charge in [0.1, 0.15) is 6.29 Å². The highest BCUT2D eigenvalue weighted by Gasteiger charge is 2.19. The normalized spacial score (nSPS) is 11.9. The molecule has 0 fully saturated rings. The van der Waals surface area contributed by atoms with Gasteiger partial charge in [-0.2, -0.15) is 0 Å². The first kappa shape index (κ1) is 25.9. The zero-order valence-electron chi connectivity index (χ0n) is 25.3. The van der Waals surface area contributed by atoms with Crippen LogP contribution in [-0.2, 0) is 0 Å². The van der Waals surface area contributed by atoms with Crippen molar-refractivity contribution in [1.82, 2.24) is 13.7 Å². The Labute approximate surface area is 269 Å². The molecule has 0 aliphatic carbocycles. The van der Waals surface area contributed by atoms with E-state index in [1.54, 1.807) is 0 Å². The van der Waals surface area contributed by atoms with E-state index in [0.717, 1.165) is 67.2 Å². The summed E-state index contributed by atoms with van der Waals surface area (Å²) in [7, 11) is 0. The molecule has 4 nitrogen and oxygen atoms in total. The van der Waals surface area contributed by atoms with E-state index in [1.165, 1.54) is 21.5 Å². The van der Waals surface area contributed by atoms with Gasteiger partial charge in [-0.05, 0) is 66.7 Å². The van der Waals surface area contributed by atoms with Crippen molar-refractivity contribution in [2.24, 2.45) is 0 Å². The van der Waals surface area contributed by atoms with E-state index in [9.17, 15) is 4.79 Å². The van der Waals surface area contributed by atoms with Gasteiger partial charge in [-0.15, -0.1) is 0 Å². The first-order chi connectivity index (χ1) is 23.3. The monoisotopic (exact) mass is 601 g/mol. The first-order valence-corrected chi connectivity index (χ1v) is 15.9. The summed E-state index contributed by atoms with van der Waals surface area (Å²) in [4.78, 5) is 11.8. The molecule has 0 atom stereocenters. The van der Waals surface area contributed by atoms with Gasteiger partial charge < -0.3 is 13.7 Å². The van der Waals surface area contributed by atoms with Crippen LogP contribution in [-0.4, -0.2) is 20.0 Å². The maximum atomic E-state index is 11.8. The number of carbonyl (C=O) groups excluding carboxylic acids is 1. The van der Waals surface area contributed by atoms with Gasteiger partial charge in [-0.3, -0.25) is 4.79 Å². The zero-order valence-corrected chi connectivity index (χ0v) is 25.3. The summed E-state index contributed by atoms with van der Waals surface area (Å²) >= 11 is 0. The number of benzene rings is 7. The quantitative estimate of drug-likeness (QED) is 0.185. The van der Waals surface area contributed by atoms with Crippen LogP contribution in [0.1, 0.15) is 10.4 Å². The van der Waals surface area contributed by atoms with Gasteiger partial charge in [0, 0.05) is 37.9 Å². The smallest absolute Gasteiger partial charge is 0.150 e. The highest BCUT2D eigenvalue weighted by atomic mass is 16.1. The van der Waals surface area contributed by atoms with Crippen LogP contribution in [0.25, 0.3) is 82.5 Å². The molecule has 0 N–H and O–H groups in total. The summed E-state index contributed by atoms with van der Waals surface area (Å²) in [6.07, 6.45) is 0.925. The topological polar surface area (TPSA) is 31.9 Å². The molecule has 10 aromatic rings. The van der Waals surface area contributed by atoms with Crippen LogP contribution in [0, 0.1) is 0 Å². The lowest BCUT2D eigenvalue weighted by Gasteiger charge is -2.17. The number of hydrogen-bond acceptors (Lipinski definition) is 1. The van der Waals surface area contributed by atoms with Gasteiger partial charge >= 0.3 is 0 Å². The van der Waals surface area contributed by atoms with Crippen LogP contribution in [0.5, 0.6) is 0 Å². The average molecular weight is 602 g/mol. The van der Waals surface area contributed by atoms with Crippen molar-refractivity contribution in [3.05, 3.63) is 163 Å². The molecule has 0 aliphatic rings. The summed E-state index contributed by atoms with van der Waals surface area (Å²) in [5, 5.41) is 7.09. The lowest BCUT2D eigenvalue weighted by Crippen LogP contribution is -2.03. The molecule has 0 amide bonds. The molecular formula is C43H27N3O. The molecule has 220 valence electrons. The van der Waals surface area contributed by atoms with E-state index in [0.29, 0.717) is 5.56 Å². The predicted octanol–water partition coefficient (Wildman–Crippen LogP) is 10.8. The minimum Gasteiger partial charge on any atom is -0.309 e. The minimum absolute atomic E-state index is 0.672. The van der Waals surface area contributed by atoms with Crippen molar-refractivity contribution in [2.45, 2.75) is 0 Å². The molecule has 3 aromatic heterocycles. The molecule has 47 heavy (non-hydrogen) atoms. The number of para-hydroxylation sites is 5. The van der Waals surface area contributed by atoms with E-state index in [-0.39, 0.29) is 0 Å². The Morgan fingerprint density at radius 1 is 0.319 bits per heavy atom. The Bertz CT molecular complexity index is 2640. The van der Waals surface area contributed by atoms with Crippen molar-refractivity contribution in [1.29, 1.82) is 0 Å². The summed E-state index contributed by atoms with van der Waals surface area (Å²) in [5.74, 6) is 0. The van der Waals surface area contributed by atoms with Crippen LogP contribution in [0.4, 0.5) is 0 Å². The summed E-state index contributed by atoms with van der Waals surface area (Å²) < 4.78 is 7.13. The molecule has 10 rings (SSSR count). The van der Waals surface area contributed by atoms with Crippen LogP contribution in [0.2, 0.25) is 0 Å². The Kier molecular flexibility index (Phi) is 5.40. The highest BCUT2D eigenvalue weighted by Crippen LogP contribution is 2.39. The number of rotatable bonds is 4. The van der Waals surface area contributed by atoms with Crippen LogP contribution >= 0.6 is 0 Å². The number of aldehydes is 1. The second-order valence-electron chi connectivity index (χ2n) is 12.2. The number of hydrogen-bond donors (Lipinski definition) is 0. The van der Waals surface area contributed by atoms with Gasteiger partial charge in [-0.25, -0.2) is 0 Å². The Balaban J connectivity index is 1.38. The average Bonchev–Trinajstić information content (AvgIpc) is 3.77. The van der Waals surface area contributed by atoms with Crippen molar-refractivity contribution >= 4 is 71.7 Å². The fourth-order valence-corrected chi connectivity index (χ4v) is 7.71. The SMILES string of the molecule is O=Cc1ccc2c(c1)c1ccccc1n2-c1cc(-n2c3ccccc3c3ccccc32)cc(-n2c3ccccc3c3ccccc32)c1. The van der Waals surface area contributed by atoms with Crippen LogP contribution < -0.4 is 0 Å². The minimum atomic E-state index is 0.672. The third-order valence-electron chi connectivity index (χ3n) is 9.65. The lowest BCUT2D eigenvalue weighted by molar-refractivity contribution is 0.112. The van der Waals surface area contributed by atoms with Gasteiger partial charge in [0.2, 0.25) is 0 Å². The molecular weight excluding hydrogens is 574 g/mol. The maximum absolute atomic E-state index is 11.8. The van der Waals surface area contributed by atoms with E-state index in [2.05, 4.69) is 159 Å². The van der Waals surface area contributed by atoms with Crippen LogP contribution in [0.3, 0.4) is 0 Å². The Morgan fingerprint density at radius 2 is 0.617 bits per heavy atom. The lowest BCUT2D eigenvalue weighted by atomic mass is 10.1. The van der Waals surface area contributed by atoms with Crippen LogP contribution in [0.15, 0.2) is 158 Å². The number of nitrogens with zero attached hydrogens (tertiary/aromatic N) is 3. The fourth-order valence-electron chi connectivity index (χ4n) is 7.71. The van der Waals surface area contributed by atoms with E-state index in [1.807, 2.05) is 12.1 Å². The third kappa shape index (κ3) is 3.67. The highest BCUT2D eigenvalue weighted by molar-refractivity contribution is 6.12. The summed E-state index contributed by atoms with van der Waals surface area (Å²) in [5.41, 5.74) is 10.7. The molecule has 3 heterocycles. The molecule has 0 aliphatic heterocycles. The first-order valence-electron chi connectivity index (χ1n) is 15.9. The van der Waals surface area contributed by atoms with E-state index >= 15 is 0 Å². The van der Waals surface area contributed by atoms with E-state index in [4.69, 9.17) is 0 Å². The second-order valence-corrected chi connectivity index (χ2v) is 12.2. The molecule has 0 saturated carbocycles. The zero-order chi connectivity index (χ0) is 31.1. The largest absolute Gasteiger partial charge is 0.309 e. The molecule has 4 heteroatoms. The summed E-state index contributed by atoms with van der Waals surface area (Å²) in [6, 6.07) is 56.0. The maximum Gasteiger partial charge on any atom is 0.150 e. The Hall–Kier alpha value is -6.39. The Morgan fingerprint density at radius 3 is 0.957 bits per heavy atom. The van der Waals surface area contributed by atoms with Crippen molar-refractivity contribution in [3.63, 3.8) is 0 Å². The molecule has 0 saturated heterocycles. The van der Waals surface area contributed by atoms with Gasteiger partial charge in [0.25, 0.3) is 0 Å². The third-order valence-corrected chi connectivity index (χ3v) is 9.65. The molecule has 0 radical (unpaired) electrons. The number of aromatic nitrogens is 3. The van der Waals surface area contributed by atoms with Gasteiger partial charge in [-0.1, -0.05) is 91.0 Å². The molecule has 7 aromatic carbocycles. The van der Waals surface area contributed by atoms with E-state index < -0.39 is 0 Å². The molecule has 0 spiro atoms. The second kappa shape index (κ2) is 9.80. The fraction of sp³-hybridized carbons (Fsp3) is 0. The van der Waals surface area contributed by atoms with Gasteiger partial charge in [0.15, 0.2) is 0 Å². The predicted molar refractivity (Wildman–Crippen MR) is 195 cm³/mol. The molecule has 0 bridgehead atoms. The molecule has 0 unspecified atom stereocenters. The van der Waals surface area contributed by atoms with Crippen molar-refractivity contribution < 1.29 is 4.79 Å². The van der Waals surface area contributed by atoms with Crippen molar-refractivity contribution in [3.8, 4) is 17.1 Å².